The van der Waals surface area contributed by atoms with Gasteiger partial charge in [-0.15, -0.1) is 0 Å². The highest BCUT2D eigenvalue weighted by Gasteiger charge is 2.44. The standard InChI is InChI=1S/C28H48O12/c1-10-27(8,16-25(4,5)21(32)33)23(35)40-15-20(31)13-38-22(34)26(6,7)17-28(9,11-2)24(36)39-14-19(30)12-37-18(3)29/h19-20,30-31H,10-17H2,1-9H3,(H,32,33). The first kappa shape index (κ1) is 37.3. The van der Waals surface area contributed by atoms with Crippen LogP contribution in [0.4, 0.5) is 0 Å². The fraction of sp³-hybridized carbons (Fsp3) is 0.821. The number of rotatable bonds is 18. The van der Waals surface area contributed by atoms with Crippen LogP contribution in [0.1, 0.15) is 88.0 Å². The predicted molar refractivity (Wildman–Crippen MR) is 143 cm³/mol. The summed E-state index contributed by atoms with van der Waals surface area (Å²) in [7, 11) is 0. The number of hydrogen-bond donors (Lipinski definition) is 3. The summed E-state index contributed by atoms with van der Waals surface area (Å²) in [5.41, 5.74) is -4.52. The van der Waals surface area contributed by atoms with Gasteiger partial charge in [-0.1, -0.05) is 13.8 Å². The molecule has 4 unspecified atom stereocenters. The molecule has 0 heterocycles. The molecule has 0 saturated carbocycles. The van der Waals surface area contributed by atoms with Gasteiger partial charge < -0.3 is 34.3 Å². The van der Waals surface area contributed by atoms with E-state index < -0.39 is 76.9 Å². The maximum atomic E-state index is 12.8. The van der Waals surface area contributed by atoms with Gasteiger partial charge in [0, 0.05) is 6.92 Å². The average molecular weight is 577 g/mol. The molecule has 0 fully saturated rings. The minimum atomic E-state index is -1.32. The van der Waals surface area contributed by atoms with Gasteiger partial charge >= 0.3 is 29.8 Å². The van der Waals surface area contributed by atoms with E-state index in [1.54, 1.807) is 41.5 Å². The van der Waals surface area contributed by atoms with Crippen LogP contribution in [0, 0.1) is 21.7 Å². The molecule has 0 aromatic heterocycles. The molecular formula is C28H48O12. The zero-order valence-corrected chi connectivity index (χ0v) is 25.3. The van der Waals surface area contributed by atoms with Crippen molar-refractivity contribution in [1.29, 1.82) is 0 Å². The molecule has 0 rings (SSSR count). The highest BCUT2D eigenvalue weighted by molar-refractivity contribution is 5.81. The third-order valence-electron chi connectivity index (χ3n) is 7.04. The van der Waals surface area contributed by atoms with Gasteiger partial charge in [0.15, 0.2) is 0 Å². The molecule has 0 saturated heterocycles. The van der Waals surface area contributed by atoms with Crippen LogP contribution in [0.2, 0.25) is 0 Å². The van der Waals surface area contributed by atoms with Gasteiger partial charge in [0.25, 0.3) is 0 Å². The van der Waals surface area contributed by atoms with Gasteiger partial charge in [-0.2, -0.15) is 0 Å². The van der Waals surface area contributed by atoms with Gasteiger partial charge in [0.1, 0.15) is 38.6 Å². The van der Waals surface area contributed by atoms with E-state index in [1.165, 1.54) is 20.8 Å². The van der Waals surface area contributed by atoms with E-state index >= 15 is 0 Å². The summed E-state index contributed by atoms with van der Waals surface area (Å²) in [5, 5.41) is 29.5. The Labute approximate surface area is 236 Å². The zero-order chi connectivity index (χ0) is 31.5. The lowest BCUT2D eigenvalue weighted by Crippen LogP contribution is -2.41. The molecule has 40 heavy (non-hydrogen) atoms. The maximum absolute atomic E-state index is 12.8. The second-order valence-electron chi connectivity index (χ2n) is 12.2. The summed E-state index contributed by atoms with van der Waals surface area (Å²) in [4.78, 5) is 60.6. The zero-order valence-electron chi connectivity index (χ0n) is 25.3. The number of carboxylic acids is 1. The van der Waals surface area contributed by atoms with Crippen LogP contribution in [0.3, 0.4) is 0 Å². The topological polar surface area (TPSA) is 183 Å². The van der Waals surface area contributed by atoms with Crippen molar-refractivity contribution in [1.82, 2.24) is 0 Å². The molecule has 4 atom stereocenters. The Morgan fingerprint density at radius 2 is 0.925 bits per heavy atom. The van der Waals surface area contributed by atoms with Gasteiger partial charge in [-0.3, -0.25) is 24.0 Å². The van der Waals surface area contributed by atoms with E-state index in [0.717, 1.165) is 0 Å². The van der Waals surface area contributed by atoms with Crippen molar-refractivity contribution in [3.63, 3.8) is 0 Å². The Balaban J connectivity index is 4.99. The Morgan fingerprint density at radius 1 is 0.600 bits per heavy atom. The highest BCUT2D eigenvalue weighted by atomic mass is 16.6. The monoisotopic (exact) mass is 576 g/mol. The molecule has 0 amide bonds. The second-order valence-corrected chi connectivity index (χ2v) is 12.2. The lowest BCUT2D eigenvalue weighted by atomic mass is 9.72. The number of carbonyl (C=O) groups is 5. The number of hydrogen-bond acceptors (Lipinski definition) is 11. The number of aliphatic carboxylic acids is 1. The van der Waals surface area contributed by atoms with Crippen molar-refractivity contribution >= 4 is 29.8 Å². The quantitative estimate of drug-likeness (QED) is 0.160. The number of aliphatic hydroxyl groups excluding tert-OH is 2. The van der Waals surface area contributed by atoms with E-state index in [9.17, 15) is 39.3 Å². The Bertz CT molecular complexity index is 896. The second kappa shape index (κ2) is 15.3. The summed E-state index contributed by atoms with van der Waals surface area (Å²) >= 11 is 0. The van der Waals surface area contributed by atoms with Gasteiger partial charge in [0.2, 0.25) is 0 Å². The number of ether oxygens (including phenoxy) is 4. The van der Waals surface area contributed by atoms with Crippen molar-refractivity contribution < 1.29 is 58.2 Å². The summed E-state index contributed by atoms with van der Waals surface area (Å²) < 4.78 is 20.3. The van der Waals surface area contributed by atoms with Crippen LogP contribution in [-0.4, -0.2) is 83.8 Å². The van der Waals surface area contributed by atoms with Crippen molar-refractivity contribution in [3.8, 4) is 0 Å². The number of carboxylic acid groups (broad SMARTS) is 1. The molecular weight excluding hydrogens is 528 g/mol. The fourth-order valence-corrected chi connectivity index (χ4v) is 4.15. The molecule has 0 aliphatic heterocycles. The van der Waals surface area contributed by atoms with E-state index in [2.05, 4.69) is 4.74 Å². The smallest absolute Gasteiger partial charge is 0.311 e. The Kier molecular flexibility index (Phi) is 14.3. The lowest BCUT2D eigenvalue weighted by molar-refractivity contribution is -0.168. The molecule has 3 N–H and O–H groups in total. The first-order valence-electron chi connectivity index (χ1n) is 13.4. The number of aliphatic hydroxyl groups is 2. The lowest BCUT2D eigenvalue weighted by Gasteiger charge is -2.34. The van der Waals surface area contributed by atoms with Crippen LogP contribution in [0.5, 0.6) is 0 Å². The van der Waals surface area contributed by atoms with Crippen LogP contribution in [0.25, 0.3) is 0 Å². The van der Waals surface area contributed by atoms with E-state index in [-0.39, 0.29) is 26.1 Å². The number of carbonyl (C=O) groups excluding carboxylic acids is 4. The van der Waals surface area contributed by atoms with E-state index in [4.69, 9.17) is 14.2 Å². The van der Waals surface area contributed by atoms with E-state index in [1.807, 2.05) is 0 Å². The first-order valence-corrected chi connectivity index (χ1v) is 13.4. The summed E-state index contributed by atoms with van der Waals surface area (Å²) in [5.74, 6) is -3.62. The molecule has 12 nitrogen and oxygen atoms in total. The van der Waals surface area contributed by atoms with Crippen molar-refractivity contribution in [2.24, 2.45) is 21.7 Å². The van der Waals surface area contributed by atoms with Crippen LogP contribution < -0.4 is 0 Å². The normalized spacial score (nSPS) is 16.5. The molecule has 0 aromatic rings. The van der Waals surface area contributed by atoms with Crippen LogP contribution in [-0.2, 0) is 42.9 Å². The van der Waals surface area contributed by atoms with E-state index in [0.29, 0.717) is 12.8 Å². The molecule has 0 aliphatic carbocycles. The molecule has 0 aromatic carbocycles. The third-order valence-corrected chi connectivity index (χ3v) is 7.04. The molecule has 232 valence electrons. The van der Waals surface area contributed by atoms with Gasteiger partial charge in [0.05, 0.1) is 21.7 Å². The Morgan fingerprint density at radius 3 is 1.25 bits per heavy atom. The average Bonchev–Trinajstić information content (AvgIpc) is 2.86. The first-order chi connectivity index (χ1) is 18.2. The Hall–Kier alpha value is -2.73. The molecule has 0 bridgehead atoms. The third kappa shape index (κ3) is 11.8. The minimum absolute atomic E-state index is 0.0352. The van der Waals surface area contributed by atoms with Crippen molar-refractivity contribution in [2.45, 2.75) is 100 Å². The summed E-state index contributed by atoms with van der Waals surface area (Å²) in [6.45, 7) is 12.5. The van der Waals surface area contributed by atoms with Crippen LogP contribution >= 0.6 is 0 Å². The van der Waals surface area contributed by atoms with Gasteiger partial charge in [-0.25, -0.2) is 0 Å². The van der Waals surface area contributed by atoms with Crippen LogP contribution in [0.15, 0.2) is 0 Å². The van der Waals surface area contributed by atoms with Crippen molar-refractivity contribution in [3.05, 3.63) is 0 Å². The SMILES string of the molecule is CCC(C)(CC(C)(C)C(=O)O)C(=O)OCC(O)COC(=O)C(C)(C)CC(C)(CC)C(=O)OCC(O)COC(C)=O. The van der Waals surface area contributed by atoms with Gasteiger partial charge in [-0.05, 0) is 67.2 Å². The largest absolute Gasteiger partial charge is 0.481 e. The van der Waals surface area contributed by atoms with Crippen molar-refractivity contribution in [2.75, 3.05) is 26.4 Å². The minimum Gasteiger partial charge on any atom is -0.481 e. The fourth-order valence-electron chi connectivity index (χ4n) is 4.15. The highest BCUT2D eigenvalue weighted by Crippen LogP contribution is 2.39. The maximum Gasteiger partial charge on any atom is 0.311 e. The predicted octanol–water partition coefficient (Wildman–Crippen LogP) is 2.65. The summed E-state index contributed by atoms with van der Waals surface area (Å²) in [6, 6.07) is 0. The summed E-state index contributed by atoms with van der Waals surface area (Å²) in [6.07, 6.45) is -1.80. The molecule has 0 radical (unpaired) electrons. The molecule has 0 aliphatic rings. The number of esters is 4. The molecule has 12 heteroatoms. The molecule has 0 spiro atoms.